The van der Waals surface area contributed by atoms with Crippen molar-refractivity contribution in [3.8, 4) is 0 Å². The Labute approximate surface area is 244 Å². The average molecular weight is 573 g/mol. The van der Waals surface area contributed by atoms with Crippen LogP contribution in [0.2, 0.25) is 0 Å². The van der Waals surface area contributed by atoms with Gasteiger partial charge in [-0.05, 0) is 66.2 Å². The van der Waals surface area contributed by atoms with E-state index in [4.69, 9.17) is 0 Å². The molecule has 0 aliphatic carbocycles. The number of aliphatic imine (C=N–C) groups is 1. The summed E-state index contributed by atoms with van der Waals surface area (Å²) in [6.45, 7) is 19.0. The number of carbonyl (C=O) groups excluding carboxylic acids is 3. The van der Waals surface area contributed by atoms with Gasteiger partial charge in [0.05, 0.1) is 10.7 Å². The third-order valence-corrected chi connectivity index (χ3v) is 7.32. The first-order valence-corrected chi connectivity index (χ1v) is 15.2. The van der Waals surface area contributed by atoms with Gasteiger partial charge < -0.3 is 15.0 Å². The molecule has 1 fully saturated rings. The SMILES string of the molecule is C=NC(C)n1nc(C)cc1C.CC.CC/C=C\CNC(=O)c1csc(C2CCN(C(=O)CCCC(C)=O)CC2)n1. The van der Waals surface area contributed by atoms with Crippen molar-refractivity contribution in [2.45, 2.75) is 99.1 Å². The number of nitrogens with zero attached hydrogens (tertiary/aromatic N) is 5. The van der Waals surface area contributed by atoms with E-state index in [0.29, 0.717) is 50.5 Å². The van der Waals surface area contributed by atoms with Crippen molar-refractivity contribution in [2.75, 3.05) is 19.6 Å². The number of likely N-dealkylation sites (tertiary alicyclic amines) is 1. The van der Waals surface area contributed by atoms with Crippen LogP contribution in [0.4, 0.5) is 0 Å². The summed E-state index contributed by atoms with van der Waals surface area (Å²) < 4.78 is 1.86. The Morgan fingerprint density at radius 2 is 1.88 bits per heavy atom. The Kier molecular flexibility index (Phi) is 16.6. The molecule has 40 heavy (non-hydrogen) atoms. The molecule has 2 aromatic heterocycles. The van der Waals surface area contributed by atoms with E-state index in [1.165, 1.54) is 11.3 Å². The zero-order valence-electron chi connectivity index (χ0n) is 25.4. The molecule has 2 amide bonds. The molecule has 0 bridgehead atoms. The lowest BCUT2D eigenvalue weighted by Crippen LogP contribution is -2.37. The van der Waals surface area contributed by atoms with Gasteiger partial charge in [-0.15, -0.1) is 11.3 Å². The highest BCUT2D eigenvalue weighted by molar-refractivity contribution is 7.09. The number of thiazole rings is 1. The van der Waals surface area contributed by atoms with Gasteiger partial charge >= 0.3 is 0 Å². The molecule has 0 saturated carbocycles. The van der Waals surface area contributed by atoms with Gasteiger partial charge in [0.2, 0.25) is 5.91 Å². The lowest BCUT2D eigenvalue weighted by Gasteiger charge is -2.31. The van der Waals surface area contributed by atoms with Crippen molar-refractivity contribution >= 4 is 35.7 Å². The second-order valence-electron chi connectivity index (χ2n) is 9.56. The number of rotatable bonds is 11. The van der Waals surface area contributed by atoms with Crippen LogP contribution in [-0.2, 0) is 9.59 Å². The Balaban J connectivity index is 0.000000512. The van der Waals surface area contributed by atoms with Gasteiger partial charge in [0, 0.05) is 49.5 Å². The maximum absolute atomic E-state index is 12.2. The summed E-state index contributed by atoms with van der Waals surface area (Å²) in [7, 11) is 0. The van der Waals surface area contributed by atoms with Crippen LogP contribution in [0.1, 0.15) is 112 Å². The summed E-state index contributed by atoms with van der Waals surface area (Å²) in [5, 5.41) is 9.90. The predicted molar refractivity (Wildman–Crippen MR) is 164 cm³/mol. The summed E-state index contributed by atoms with van der Waals surface area (Å²) in [6, 6.07) is 2.03. The van der Waals surface area contributed by atoms with Crippen LogP contribution in [0.25, 0.3) is 0 Å². The molecule has 0 radical (unpaired) electrons. The molecule has 1 atom stereocenters. The lowest BCUT2D eigenvalue weighted by atomic mass is 9.97. The van der Waals surface area contributed by atoms with E-state index < -0.39 is 0 Å². The number of Topliss-reactive ketones (excluding diaryl/α,β-unsaturated/α-hetero) is 1. The van der Waals surface area contributed by atoms with Gasteiger partial charge in [0.25, 0.3) is 5.91 Å². The molecule has 2 aromatic rings. The lowest BCUT2D eigenvalue weighted by molar-refractivity contribution is -0.132. The molecule has 222 valence electrons. The Hall–Kier alpha value is -3.14. The zero-order valence-corrected chi connectivity index (χ0v) is 26.2. The van der Waals surface area contributed by atoms with Crippen molar-refractivity contribution in [3.63, 3.8) is 0 Å². The molecule has 10 heteroatoms. The maximum Gasteiger partial charge on any atom is 0.271 e. The molecule has 1 aliphatic rings. The standard InChI is InChI=1S/C20H29N3O3S.C8H13N3.C2H6/c1-3-4-5-11-21-19(26)17-14-27-20(22-17)16-9-12-23(13-10-16)18(25)8-6-7-15(2)24;1-6-5-7(2)11(10-6)8(3)9-4;1-2/h4-5,14,16H,3,6-13H2,1-2H3,(H,21,26);5,8H,4H2,1-3H3;1-2H3/b5-4-;;. The summed E-state index contributed by atoms with van der Waals surface area (Å²) >= 11 is 1.52. The molecule has 3 rings (SSSR count). The molecular formula is C30H48N6O3S. The number of aromatic nitrogens is 3. The first-order valence-electron chi connectivity index (χ1n) is 14.3. The van der Waals surface area contributed by atoms with E-state index in [0.717, 1.165) is 35.7 Å². The fourth-order valence-corrected chi connectivity index (χ4v) is 5.17. The van der Waals surface area contributed by atoms with Crippen molar-refractivity contribution in [3.05, 3.63) is 45.7 Å². The number of amides is 2. The van der Waals surface area contributed by atoms with E-state index in [1.807, 2.05) is 67.8 Å². The smallest absolute Gasteiger partial charge is 0.271 e. The summed E-state index contributed by atoms with van der Waals surface area (Å²) in [6.07, 6.45) is 8.23. The van der Waals surface area contributed by atoms with Gasteiger partial charge in [-0.2, -0.15) is 5.10 Å². The molecule has 0 aromatic carbocycles. The minimum absolute atomic E-state index is 0.0451. The fraction of sp³-hybridized carbons (Fsp3) is 0.600. The molecule has 9 nitrogen and oxygen atoms in total. The highest BCUT2D eigenvalue weighted by Gasteiger charge is 2.26. The second kappa shape index (κ2) is 19.0. The van der Waals surface area contributed by atoms with Gasteiger partial charge in [-0.1, -0.05) is 32.9 Å². The van der Waals surface area contributed by atoms with E-state index >= 15 is 0 Å². The second-order valence-corrected chi connectivity index (χ2v) is 10.4. The van der Waals surface area contributed by atoms with E-state index in [9.17, 15) is 14.4 Å². The third kappa shape index (κ3) is 11.9. The minimum Gasteiger partial charge on any atom is -0.347 e. The summed E-state index contributed by atoms with van der Waals surface area (Å²) in [5.74, 6) is 0.426. The van der Waals surface area contributed by atoms with E-state index in [1.54, 1.807) is 6.92 Å². The van der Waals surface area contributed by atoms with Crippen molar-refractivity contribution in [2.24, 2.45) is 4.99 Å². The van der Waals surface area contributed by atoms with Crippen LogP contribution in [-0.4, -0.2) is 63.6 Å². The van der Waals surface area contributed by atoms with Crippen molar-refractivity contribution < 1.29 is 14.4 Å². The normalized spacial score (nSPS) is 14.0. The van der Waals surface area contributed by atoms with Gasteiger partial charge in [-0.3, -0.25) is 14.6 Å². The average Bonchev–Trinajstić information content (AvgIpc) is 3.58. The first kappa shape index (κ1) is 34.9. The zero-order chi connectivity index (χ0) is 30.1. The third-order valence-electron chi connectivity index (χ3n) is 6.32. The van der Waals surface area contributed by atoms with E-state index in [2.05, 4.69) is 34.0 Å². The number of hydrogen-bond acceptors (Lipinski definition) is 7. The monoisotopic (exact) mass is 572 g/mol. The molecule has 0 spiro atoms. The van der Waals surface area contributed by atoms with Gasteiger partial charge in [-0.25, -0.2) is 9.67 Å². The summed E-state index contributed by atoms with van der Waals surface area (Å²) in [5.41, 5.74) is 2.63. The first-order chi connectivity index (χ1) is 19.2. The summed E-state index contributed by atoms with van der Waals surface area (Å²) in [4.78, 5) is 45.6. The number of ketones is 1. The number of hydrogen-bond donors (Lipinski definition) is 1. The minimum atomic E-state index is -0.142. The van der Waals surface area contributed by atoms with Crippen LogP contribution in [0.15, 0.2) is 28.6 Å². The van der Waals surface area contributed by atoms with Crippen LogP contribution < -0.4 is 5.32 Å². The Morgan fingerprint density at radius 3 is 2.42 bits per heavy atom. The number of allylic oxidation sites excluding steroid dienone is 1. The molecular weight excluding hydrogens is 524 g/mol. The predicted octanol–water partition coefficient (Wildman–Crippen LogP) is 6.05. The Bertz CT molecular complexity index is 1100. The molecule has 3 heterocycles. The largest absolute Gasteiger partial charge is 0.347 e. The molecule has 1 aliphatic heterocycles. The van der Waals surface area contributed by atoms with Crippen LogP contribution in [0, 0.1) is 13.8 Å². The van der Waals surface area contributed by atoms with Crippen LogP contribution in [0.3, 0.4) is 0 Å². The molecule has 1 N–H and O–H groups in total. The quantitative estimate of drug-likeness (QED) is 0.260. The van der Waals surface area contributed by atoms with Crippen molar-refractivity contribution in [1.29, 1.82) is 0 Å². The number of nitrogens with one attached hydrogen (secondary N) is 1. The van der Waals surface area contributed by atoms with Crippen LogP contribution in [0.5, 0.6) is 0 Å². The number of aryl methyl sites for hydroxylation is 2. The number of carbonyl (C=O) groups is 3. The van der Waals surface area contributed by atoms with Gasteiger partial charge in [0.15, 0.2) is 0 Å². The highest BCUT2D eigenvalue weighted by atomic mass is 32.1. The number of piperidine rings is 1. The van der Waals surface area contributed by atoms with Gasteiger partial charge in [0.1, 0.15) is 17.6 Å². The van der Waals surface area contributed by atoms with Crippen molar-refractivity contribution in [1.82, 2.24) is 25.0 Å². The Morgan fingerprint density at radius 1 is 1.20 bits per heavy atom. The van der Waals surface area contributed by atoms with E-state index in [-0.39, 0.29) is 23.8 Å². The highest BCUT2D eigenvalue weighted by Crippen LogP contribution is 2.30. The fourth-order valence-electron chi connectivity index (χ4n) is 4.20. The topological polar surface area (TPSA) is 110 Å². The molecule has 1 unspecified atom stereocenters. The van der Waals surface area contributed by atoms with Crippen LogP contribution >= 0.6 is 11.3 Å². The maximum atomic E-state index is 12.2. The molecule has 1 saturated heterocycles.